The predicted molar refractivity (Wildman–Crippen MR) is 67.8 cm³/mol. The number of rotatable bonds is 5. The molecule has 0 aliphatic heterocycles. The average Bonchev–Trinajstić information content (AvgIpc) is 2.66. The van der Waals surface area contributed by atoms with Crippen molar-refractivity contribution in [3.05, 3.63) is 17.5 Å². The lowest BCUT2D eigenvalue weighted by atomic mass is 10.0. The van der Waals surface area contributed by atoms with Gasteiger partial charge in [-0.15, -0.1) is 0 Å². The van der Waals surface area contributed by atoms with E-state index in [1.54, 1.807) is 10.7 Å². The maximum atomic E-state index is 12.1. The number of hydrogen-bond donors (Lipinski definition) is 2. The van der Waals surface area contributed by atoms with Crippen molar-refractivity contribution < 1.29 is 4.79 Å². The molecule has 1 unspecified atom stereocenters. The molecule has 0 aliphatic carbocycles. The van der Waals surface area contributed by atoms with Crippen molar-refractivity contribution >= 4 is 5.91 Å². The Morgan fingerprint density at radius 3 is 2.71 bits per heavy atom. The summed E-state index contributed by atoms with van der Waals surface area (Å²) in [6, 6.07) is 1.80. The SMILES string of the molecule is CCn1nc(C)cc1C(=O)NC(CN)C(C)C. The van der Waals surface area contributed by atoms with Gasteiger partial charge in [0.2, 0.25) is 0 Å². The molecule has 17 heavy (non-hydrogen) atoms. The Morgan fingerprint density at radius 1 is 1.59 bits per heavy atom. The number of nitrogens with two attached hydrogens (primary N) is 1. The molecule has 1 rings (SSSR count). The maximum Gasteiger partial charge on any atom is 0.269 e. The summed E-state index contributed by atoms with van der Waals surface area (Å²) in [4.78, 5) is 12.1. The van der Waals surface area contributed by atoms with Crippen molar-refractivity contribution in [3.8, 4) is 0 Å². The Hall–Kier alpha value is -1.36. The van der Waals surface area contributed by atoms with E-state index in [9.17, 15) is 4.79 Å². The van der Waals surface area contributed by atoms with E-state index in [1.807, 2.05) is 27.7 Å². The first-order valence-corrected chi connectivity index (χ1v) is 6.05. The van der Waals surface area contributed by atoms with Gasteiger partial charge in [-0.05, 0) is 25.8 Å². The number of aromatic nitrogens is 2. The Balaban J connectivity index is 2.81. The molecule has 0 aromatic carbocycles. The second-order valence-electron chi connectivity index (χ2n) is 4.55. The molecule has 1 heterocycles. The van der Waals surface area contributed by atoms with Gasteiger partial charge in [-0.3, -0.25) is 9.48 Å². The molecule has 5 heteroatoms. The zero-order chi connectivity index (χ0) is 13.0. The number of nitrogens with zero attached hydrogens (tertiary/aromatic N) is 2. The summed E-state index contributed by atoms with van der Waals surface area (Å²) in [5.41, 5.74) is 7.09. The molecule has 3 N–H and O–H groups in total. The van der Waals surface area contributed by atoms with Gasteiger partial charge < -0.3 is 11.1 Å². The van der Waals surface area contributed by atoms with E-state index in [0.29, 0.717) is 24.7 Å². The van der Waals surface area contributed by atoms with Crippen molar-refractivity contribution in [2.24, 2.45) is 11.7 Å². The quantitative estimate of drug-likeness (QED) is 0.801. The molecule has 1 aromatic heterocycles. The average molecular weight is 238 g/mol. The molecule has 1 aromatic rings. The van der Waals surface area contributed by atoms with Gasteiger partial charge in [0.1, 0.15) is 5.69 Å². The van der Waals surface area contributed by atoms with E-state index in [1.165, 1.54) is 0 Å². The molecular weight excluding hydrogens is 216 g/mol. The minimum absolute atomic E-state index is 0.00279. The van der Waals surface area contributed by atoms with Crippen LogP contribution in [0.2, 0.25) is 0 Å². The molecule has 1 amide bonds. The fraction of sp³-hybridized carbons (Fsp3) is 0.667. The predicted octanol–water partition coefficient (Wildman–Crippen LogP) is 0.925. The van der Waals surface area contributed by atoms with Crippen molar-refractivity contribution in [2.45, 2.75) is 40.3 Å². The van der Waals surface area contributed by atoms with Crippen molar-refractivity contribution in [2.75, 3.05) is 6.54 Å². The molecule has 0 fully saturated rings. The van der Waals surface area contributed by atoms with E-state index in [2.05, 4.69) is 10.4 Å². The molecule has 0 aliphatic rings. The van der Waals surface area contributed by atoms with Gasteiger partial charge >= 0.3 is 0 Å². The van der Waals surface area contributed by atoms with E-state index in [0.717, 1.165) is 5.69 Å². The van der Waals surface area contributed by atoms with Crippen molar-refractivity contribution in [3.63, 3.8) is 0 Å². The molecule has 0 radical (unpaired) electrons. The third-order valence-corrected chi connectivity index (χ3v) is 2.81. The van der Waals surface area contributed by atoms with Crippen LogP contribution >= 0.6 is 0 Å². The summed E-state index contributed by atoms with van der Waals surface area (Å²) in [7, 11) is 0. The Labute approximate surface area is 102 Å². The Bertz CT molecular complexity index is 384. The molecule has 5 nitrogen and oxygen atoms in total. The third kappa shape index (κ3) is 3.30. The first kappa shape index (κ1) is 13.7. The standard InChI is InChI=1S/C12H22N4O/c1-5-16-11(6-9(4)15-16)12(17)14-10(7-13)8(2)3/h6,8,10H,5,7,13H2,1-4H3,(H,14,17). The van der Waals surface area contributed by atoms with Crippen LogP contribution in [0.15, 0.2) is 6.07 Å². The number of hydrogen-bond acceptors (Lipinski definition) is 3. The van der Waals surface area contributed by atoms with Gasteiger partial charge in [0, 0.05) is 19.1 Å². The molecule has 0 saturated heterocycles. The monoisotopic (exact) mass is 238 g/mol. The molecule has 0 saturated carbocycles. The molecule has 96 valence electrons. The van der Waals surface area contributed by atoms with Crippen LogP contribution in [0.4, 0.5) is 0 Å². The number of carbonyl (C=O) groups excluding carboxylic acids is 1. The summed E-state index contributed by atoms with van der Waals surface area (Å²) >= 11 is 0. The number of amides is 1. The summed E-state index contributed by atoms with van der Waals surface area (Å²) < 4.78 is 1.71. The fourth-order valence-electron chi connectivity index (χ4n) is 1.71. The highest BCUT2D eigenvalue weighted by atomic mass is 16.2. The smallest absolute Gasteiger partial charge is 0.269 e. The molecule has 1 atom stereocenters. The minimum atomic E-state index is -0.100. The van der Waals surface area contributed by atoms with Crippen LogP contribution in [-0.2, 0) is 6.54 Å². The van der Waals surface area contributed by atoms with Crippen LogP contribution in [0.1, 0.15) is 37.0 Å². The van der Waals surface area contributed by atoms with Crippen LogP contribution in [0, 0.1) is 12.8 Å². The third-order valence-electron chi connectivity index (χ3n) is 2.81. The van der Waals surface area contributed by atoms with E-state index < -0.39 is 0 Å². The van der Waals surface area contributed by atoms with Gasteiger partial charge in [0.15, 0.2) is 0 Å². The maximum absolute atomic E-state index is 12.1. The number of nitrogens with one attached hydrogen (secondary N) is 1. The highest BCUT2D eigenvalue weighted by Gasteiger charge is 2.18. The number of aryl methyl sites for hydroxylation is 2. The Kier molecular flexibility index (Phi) is 4.69. The summed E-state index contributed by atoms with van der Waals surface area (Å²) in [5, 5.41) is 7.20. The first-order chi connectivity index (χ1) is 7.99. The van der Waals surface area contributed by atoms with E-state index in [4.69, 9.17) is 5.73 Å². The first-order valence-electron chi connectivity index (χ1n) is 6.05. The number of carbonyl (C=O) groups is 1. The van der Waals surface area contributed by atoms with Gasteiger partial charge in [0.05, 0.1) is 5.69 Å². The van der Waals surface area contributed by atoms with E-state index >= 15 is 0 Å². The van der Waals surface area contributed by atoms with Crippen LogP contribution in [0.25, 0.3) is 0 Å². The van der Waals surface area contributed by atoms with Gasteiger partial charge in [-0.25, -0.2) is 0 Å². The van der Waals surface area contributed by atoms with Crippen LogP contribution in [-0.4, -0.2) is 28.3 Å². The van der Waals surface area contributed by atoms with Crippen LogP contribution in [0.5, 0.6) is 0 Å². The van der Waals surface area contributed by atoms with Gasteiger partial charge in [-0.1, -0.05) is 13.8 Å². The zero-order valence-electron chi connectivity index (χ0n) is 11.0. The lowest BCUT2D eigenvalue weighted by molar-refractivity contribution is 0.0917. The molecular formula is C12H22N4O. The highest BCUT2D eigenvalue weighted by Crippen LogP contribution is 2.06. The fourth-order valence-corrected chi connectivity index (χ4v) is 1.71. The lowest BCUT2D eigenvalue weighted by Crippen LogP contribution is -2.44. The van der Waals surface area contributed by atoms with E-state index in [-0.39, 0.29) is 11.9 Å². The second kappa shape index (κ2) is 5.82. The highest BCUT2D eigenvalue weighted by molar-refractivity contribution is 5.92. The molecule has 0 spiro atoms. The van der Waals surface area contributed by atoms with Crippen LogP contribution < -0.4 is 11.1 Å². The second-order valence-corrected chi connectivity index (χ2v) is 4.55. The lowest BCUT2D eigenvalue weighted by Gasteiger charge is -2.20. The van der Waals surface area contributed by atoms with Crippen LogP contribution in [0.3, 0.4) is 0 Å². The van der Waals surface area contributed by atoms with Gasteiger partial charge in [0.25, 0.3) is 5.91 Å². The normalized spacial score (nSPS) is 12.8. The largest absolute Gasteiger partial charge is 0.346 e. The minimum Gasteiger partial charge on any atom is -0.346 e. The Morgan fingerprint density at radius 2 is 2.24 bits per heavy atom. The van der Waals surface area contributed by atoms with Gasteiger partial charge in [-0.2, -0.15) is 5.10 Å². The summed E-state index contributed by atoms with van der Waals surface area (Å²) in [5.74, 6) is 0.222. The topological polar surface area (TPSA) is 72.9 Å². The van der Waals surface area contributed by atoms with Crippen molar-refractivity contribution in [1.82, 2.24) is 15.1 Å². The zero-order valence-corrected chi connectivity index (χ0v) is 11.0. The molecule has 0 bridgehead atoms. The summed E-state index contributed by atoms with van der Waals surface area (Å²) in [6.07, 6.45) is 0. The van der Waals surface area contributed by atoms with Crippen molar-refractivity contribution in [1.29, 1.82) is 0 Å². The summed E-state index contributed by atoms with van der Waals surface area (Å²) in [6.45, 7) is 9.06.